The van der Waals surface area contributed by atoms with Gasteiger partial charge in [0, 0.05) is 32.2 Å². The van der Waals surface area contributed by atoms with Crippen molar-refractivity contribution in [3.05, 3.63) is 51.8 Å². The fourth-order valence-electron chi connectivity index (χ4n) is 3.51. The number of carbonyl (C=O) groups is 2. The highest BCUT2D eigenvalue weighted by molar-refractivity contribution is 7.89. The van der Waals surface area contributed by atoms with Crippen LogP contribution in [-0.2, 0) is 10.0 Å². The number of sulfonamides is 1. The van der Waals surface area contributed by atoms with Crippen LogP contribution in [-0.4, -0.2) is 67.2 Å². The number of aromatic nitrogens is 1. The number of nitrogens with two attached hydrogens (primary N) is 1. The van der Waals surface area contributed by atoms with Crippen LogP contribution in [0.15, 0.2) is 40.0 Å². The molecule has 0 aliphatic carbocycles. The first-order valence-electron chi connectivity index (χ1n) is 8.90. The average molecular weight is 417 g/mol. The molecule has 0 spiro atoms. The molecule has 29 heavy (non-hydrogen) atoms. The Kier molecular flexibility index (Phi) is 4.52. The van der Waals surface area contributed by atoms with Crippen molar-refractivity contribution in [2.45, 2.75) is 4.90 Å². The molecule has 11 heteroatoms. The maximum atomic E-state index is 13.0. The van der Waals surface area contributed by atoms with E-state index in [9.17, 15) is 22.8 Å². The van der Waals surface area contributed by atoms with E-state index in [1.165, 1.54) is 28.6 Å². The summed E-state index contributed by atoms with van der Waals surface area (Å²) < 4.78 is 28.4. The van der Waals surface area contributed by atoms with E-state index in [-0.39, 0.29) is 27.5 Å². The molecule has 0 bridgehead atoms. The Labute approximate surface area is 166 Å². The van der Waals surface area contributed by atoms with Crippen molar-refractivity contribution in [1.29, 1.82) is 0 Å². The summed E-state index contributed by atoms with van der Waals surface area (Å²) >= 11 is 0. The summed E-state index contributed by atoms with van der Waals surface area (Å²) in [5.74, 6) is -1.60. The number of nitrogens with zero attached hydrogens (tertiary/aromatic N) is 3. The van der Waals surface area contributed by atoms with Crippen molar-refractivity contribution < 1.29 is 18.0 Å². The molecule has 1 fully saturated rings. The Morgan fingerprint density at radius 3 is 2.38 bits per heavy atom. The summed E-state index contributed by atoms with van der Waals surface area (Å²) in [6.45, 7) is 1.98. The fourth-order valence-corrected chi connectivity index (χ4v) is 4.97. The van der Waals surface area contributed by atoms with Crippen molar-refractivity contribution >= 4 is 27.7 Å². The number of fused-ring (bicyclic) bond motifs is 1. The van der Waals surface area contributed by atoms with Crippen LogP contribution >= 0.6 is 0 Å². The first-order valence-corrected chi connectivity index (χ1v) is 10.3. The number of hydrogen-bond acceptors (Lipinski definition) is 7. The molecular formula is C18H19N5O5S. The number of pyridine rings is 1. The minimum atomic E-state index is -3.76. The van der Waals surface area contributed by atoms with E-state index in [0.717, 1.165) is 10.6 Å². The minimum Gasteiger partial charge on any atom is -0.384 e. The van der Waals surface area contributed by atoms with E-state index in [1.807, 2.05) is 11.9 Å². The molecule has 0 radical (unpaired) electrons. The molecule has 2 aromatic rings. The van der Waals surface area contributed by atoms with E-state index < -0.39 is 27.4 Å². The standard InChI is InChI=1S/C18H19N5O5S/c1-21-5-7-22(8-6-21)29(27,28)12-4-2-3-11(9-12)23-14(24)10-13-15(16(23)19)18(26)20-17(13)25/h2-4,9-10H,5-8,19H2,1H3,(H,20,25,26). The Bertz CT molecular complexity index is 1200. The Morgan fingerprint density at radius 2 is 1.69 bits per heavy atom. The predicted molar refractivity (Wildman–Crippen MR) is 105 cm³/mol. The van der Waals surface area contributed by atoms with E-state index >= 15 is 0 Å². The van der Waals surface area contributed by atoms with Gasteiger partial charge in [0.2, 0.25) is 10.0 Å². The molecule has 4 rings (SSSR count). The molecule has 3 heterocycles. The molecule has 1 aromatic heterocycles. The van der Waals surface area contributed by atoms with Gasteiger partial charge in [-0.2, -0.15) is 4.31 Å². The van der Waals surface area contributed by atoms with Gasteiger partial charge in [-0.15, -0.1) is 0 Å². The number of nitrogen functional groups attached to an aromatic ring is 1. The van der Waals surface area contributed by atoms with Crippen molar-refractivity contribution in [3.8, 4) is 5.69 Å². The molecule has 0 unspecified atom stereocenters. The normalized spacial score (nSPS) is 18.0. The summed E-state index contributed by atoms with van der Waals surface area (Å²) in [6, 6.07) is 6.83. The van der Waals surface area contributed by atoms with E-state index in [0.29, 0.717) is 26.2 Å². The number of benzene rings is 1. The Morgan fingerprint density at radius 1 is 1.00 bits per heavy atom. The van der Waals surface area contributed by atoms with Crippen molar-refractivity contribution in [2.75, 3.05) is 39.0 Å². The zero-order valence-corrected chi connectivity index (χ0v) is 16.4. The number of likely N-dealkylation sites (N-methyl/N-ethyl adjacent to an activating group) is 1. The second-order valence-electron chi connectivity index (χ2n) is 6.98. The zero-order chi connectivity index (χ0) is 20.9. The molecule has 2 amide bonds. The highest BCUT2D eigenvalue weighted by Gasteiger charge is 2.32. The molecule has 0 atom stereocenters. The quantitative estimate of drug-likeness (QED) is 0.627. The van der Waals surface area contributed by atoms with E-state index in [4.69, 9.17) is 5.73 Å². The largest absolute Gasteiger partial charge is 0.384 e. The van der Waals surface area contributed by atoms with Crippen LogP contribution in [0.25, 0.3) is 5.69 Å². The summed E-state index contributed by atoms with van der Waals surface area (Å²) in [7, 11) is -1.83. The number of piperazine rings is 1. The van der Waals surface area contributed by atoms with Crippen LogP contribution in [0.2, 0.25) is 0 Å². The van der Waals surface area contributed by atoms with Gasteiger partial charge in [0.15, 0.2) is 0 Å². The number of nitrogens with one attached hydrogen (secondary N) is 1. The summed E-state index contributed by atoms with van der Waals surface area (Å²) in [5.41, 5.74) is 5.39. The SMILES string of the molecule is CN1CCN(S(=O)(=O)c2cccc(-n3c(N)c4c(cc3=O)C(=O)NC4=O)c2)CC1. The van der Waals surface area contributed by atoms with Gasteiger partial charge in [0.05, 0.1) is 21.7 Å². The fraction of sp³-hybridized carbons (Fsp3) is 0.278. The van der Waals surface area contributed by atoms with E-state index in [1.54, 1.807) is 0 Å². The van der Waals surface area contributed by atoms with Gasteiger partial charge in [0.1, 0.15) is 5.82 Å². The van der Waals surface area contributed by atoms with Gasteiger partial charge in [-0.25, -0.2) is 8.42 Å². The van der Waals surface area contributed by atoms with Gasteiger partial charge in [-0.05, 0) is 25.2 Å². The first-order chi connectivity index (χ1) is 13.7. The Hall–Kier alpha value is -3.02. The van der Waals surface area contributed by atoms with Crippen molar-refractivity contribution in [2.24, 2.45) is 0 Å². The van der Waals surface area contributed by atoms with Crippen LogP contribution in [0.1, 0.15) is 20.7 Å². The average Bonchev–Trinajstić information content (AvgIpc) is 2.96. The third kappa shape index (κ3) is 3.12. The lowest BCUT2D eigenvalue weighted by atomic mass is 10.1. The van der Waals surface area contributed by atoms with Crippen molar-refractivity contribution in [1.82, 2.24) is 19.1 Å². The van der Waals surface area contributed by atoms with Gasteiger partial charge < -0.3 is 10.6 Å². The lowest BCUT2D eigenvalue weighted by molar-refractivity contribution is 0.0880. The number of imide groups is 1. The summed E-state index contributed by atoms with van der Waals surface area (Å²) in [5, 5.41) is 2.09. The van der Waals surface area contributed by atoms with Gasteiger partial charge in [0.25, 0.3) is 17.4 Å². The number of anilines is 1. The summed E-state index contributed by atoms with van der Waals surface area (Å²) in [6.07, 6.45) is 0. The third-order valence-corrected chi connectivity index (χ3v) is 7.02. The zero-order valence-electron chi connectivity index (χ0n) is 15.6. The molecule has 3 N–H and O–H groups in total. The number of carbonyl (C=O) groups excluding carboxylic acids is 2. The second kappa shape index (κ2) is 6.79. The molecule has 1 aromatic carbocycles. The molecular weight excluding hydrogens is 398 g/mol. The number of hydrogen-bond donors (Lipinski definition) is 2. The van der Waals surface area contributed by atoms with Crippen LogP contribution in [0.3, 0.4) is 0 Å². The highest BCUT2D eigenvalue weighted by atomic mass is 32.2. The monoisotopic (exact) mass is 417 g/mol. The topological polar surface area (TPSA) is 135 Å². The van der Waals surface area contributed by atoms with Gasteiger partial charge in [-0.1, -0.05) is 6.07 Å². The maximum Gasteiger partial charge on any atom is 0.262 e. The minimum absolute atomic E-state index is 0.0203. The Balaban J connectivity index is 1.80. The van der Waals surface area contributed by atoms with Crippen LogP contribution in [0, 0.1) is 0 Å². The molecule has 10 nitrogen and oxygen atoms in total. The number of rotatable bonds is 3. The van der Waals surface area contributed by atoms with E-state index in [2.05, 4.69) is 5.32 Å². The van der Waals surface area contributed by atoms with Crippen molar-refractivity contribution in [3.63, 3.8) is 0 Å². The molecule has 2 aliphatic heterocycles. The maximum absolute atomic E-state index is 13.0. The smallest absolute Gasteiger partial charge is 0.262 e. The third-order valence-electron chi connectivity index (χ3n) is 5.13. The lowest BCUT2D eigenvalue weighted by Crippen LogP contribution is -2.47. The molecule has 1 saturated heterocycles. The van der Waals surface area contributed by atoms with Gasteiger partial charge >= 0.3 is 0 Å². The van der Waals surface area contributed by atoms with Gasteiger partial charge in [-0.3, -0.25) is 24.3 Å². The van der Waals surface area contributed by atoms with Crippen LogP contribution in [0.4, 0.5) is 5.82 Å². The lowest BCUT2D eigenvalue weighted by Gasteiger charge is -2.31. The second-order valence-corrected chi connectivity index (χ2v) is 8.92. The number of amides is 2. The molecule has 0 saturated carbocycles. The predicted octanol–water partition coefficient (Wildman–Crippen LogP) is -0.761. The molecule has 152 valence electrons. The summed E-state index contributed by atoms with van der Waals surface area (Å²) in [4.78, 5) is 38.4. The highest BCUT2D eigenvalue weighted by Crippen LogP contribution is 2.25. The molecule has 2 aliphatic rings. The first kappa shape index (κ1) is 19.3. The van der Waals surface area contributed by atoms with Crippen LogP contribution < -0.4 is 16.6 Å². The van der Waals surface area contributed by atoms with Crippen LogP contribution in [0.5, 0.6) is 0 Å².